The number of pyridine rings is 1. The second-order valence-electron chi connectivity index (χ2n) is 9.88. The summed E-state index contributed by atoms with van der Waals surface area (Å²) in [4.78, 5) is 17.3. The number of rotatable bonds is 2. The molecule has 1 saturated carbocycles. The highest BCUT2D eigenvalue weighted by atomic mass is 16.5. The molecule has 160 valence electrons. The number of allylic oxidation sites excluding steroid dienone is 2. The van der Waals surface area contributed by atoms with E-state index in [0.29, 0.717) is 12.1 Å². The number of carbonyl (C=O) groups excluding carboxylic acids is 1. The van der Waals surface area contributed by atoms with Gasteiger partial charge >= 0.3 is 0 Å². The third-order valence-electron chi connectivity index (χ3n) is 8.41. The molecule has 6 nitrogen and oxygen atoms in total. The van der Waals surface area contributed by atoms with E-state index in [1.54, 1.807) is 12.4 Å². The minimum absolute atomic E-state index is 0.0432. The van der Waals surface area contributed by atoms with E-state index in [2.05, 4.69) is 40.6 Å². The highest BCUT2D eigenvalue weighted by molar-refractivity contribution is 6.05. The lowest BCUT2D eigenvalue weighted by Gasteiger charge is -2.53. The molecule has 0 radical (unpaired) electrons. The molecule has 3 aliphatic carbocycles. The third-order valence-corrected chi connectivity index (χ3v) is 8.41. The molecule has 1 unspecified atom stereocenters. The molecule has 2 aliphatic heterocycles. The van der Waals surface area contributed by atoms with Gasteiger partial charge < -0.3 is 15.3 Å². The fourth-order valence-corrected chi connectivity index (χ4v) is 6.89. The monoisotopic (exact) mass is 417 g/mol. The van der Waals surface area contributed by atoms with Gasteiger partial charge in [-0.25, -0.2) is 0 Å². The molecule has 2 N–H and O–H groups in total. The van der Waals surface area contributed by atoms with Crippen LogP contribution in [0.4, 0.5) is 5.69 Å². The average Bonchev–Trinajstić information content (AvgIpc) is 3.29. The van der Waals surface area contributed by atoms with Crippen molar-refractivity contribution in [1.29, 1.82) is 0 Å². The maximum atomic E-state index is 13.2. The second kappa shape index (κ2) is 6.39. The fraction of sp³-hybridized carbons (Fsp3) is 0.480. The highest BCUT2D eigenvalue weighted by Gasteiger charge is 2.65. The topological polar surface area (TPSA) is 83.8 Å². The van der Waals surface area contributed by atoms with Gasteiger partial charge in [0.05, 0.1) is 28.8 Å². The predicted molar refractivity (Wildman–Crippen MR) is 117 cm³/mol. The van der Waals surface area contributed by atoms with Gasteiger partial charge in [-0.2, -0.15) is 0 Å². The van der Waals surface area contributed by atoms with Crippen LogP contribution < -0.4 is 5.32 Å². The van der Waals surface area contributed by atoms with Gasteiger partial charge in [0, 0.05) is 29.5 Å². The van der Waals surface area contributed by atoms with E-state index in [0.717, 1.165) is 49.8 Å². The first-order valence-corrected chi connectivity index (χ1v) is 11.2. The molecule has 1 amide bonds. The van der Waals surface area contributed by atoms with Gasteiger partial charge in [-0.3, -0.25) is 9.78 Å². The normalized spacial score (nSPS) is 39.1. The van der Waals surface area contributed by atoms with Crippen molar-refractivity contribution in [3.05, 3.63) is 59.5 Å². The fourth-order valence-electron chi connectivity index (χ4n) is 6.89. The summed E-state index contributed by atoms with van der Waals surface area (Å²) in [5.41, 5.74) is 4.08. The van der Waals surface area contributed by atoms with Crippen LogP contribution in [0.2, 0.25) is 0 Å². The molecular weight excluding hydrogens is 390 g/mol. The number of anilines is 1. The standard InChI is InChI=1S/C25H27N3O3/c1-23-9-8-17-13-16-4-5-18(28-30)14-24(16)10-11-25(17,31-24)21(23)7-6-20(23)22(29)27-19-3-2-12-26-15-19/h2-3,6,8,12-13,15,21,30H,4-5,7,9-11,14H2,1H3,(H,27,29)/t21-,23?,24-,25-/m1/s1. The third kappa shape index (κ3) is 2.51. The van der Waals surface area contributed by atoms with E-state index in [9.17, 15) is 10.0 Å². The van der Waals surface area contributed by atoms with Crippen LogP contribution in [0.3, 0.4) is 0 Å². The smallest absolute Gasteiger partial charge is 0.251 e. The summed E-state index contributed by atoms with van der Waals surface area (Å²) in [6.07, 6.45) is 16.1. The van der Waals surface area contributed by atoms with Crippen molar-refractivity contribution in [3.8, 4) is 0 Å². The minimum Gasteiger partial charge on any atom is -0.411 e. The summed E-state index contributed by atoms with van der Waals surface area (Å²) in [5.74, 6) is 0.182. The Morgan fingerprint density at radius 2 is 2.23 bits per heavy atom. The molecule has 2 fully saturated rings. The SMILES string of the molecule is CC12CC=C3C=C4CCC(=NO)C[C@]45CC[C@]3(O5)[C@@H]1CC=C2C(=O)Nc1cccnc1. The van der Waals surface area contributed by atoms with Crippen LogP contribution in [0.5, 0.6) is 0 Å². The lowest BCUT2D eigenvalue weighted by molar-refractivity contribution is -0.126. The largest absolute Gasteiger partial charge is 0.411 e. The number of aromatic nitrogens is 1. The van der Waals surface area contributed by atoms with Crippen molar-refractivity contribution >= 4 is 17.3 Å². The molecule has 4 atom stereocenters. The van der Waals surface area contributed by atoms with Crippen molar-refractivity contribution in [3.63, 3.8) is 0 Å². The molecule has 2 bridgehead atoms. The molecule has 6 heteroatoms. The van der Waals surface area contributed by atoms with Crippen LogP contribution in [0, 0.1) is 11.3 Å². The van der Waals surface area contributed by atoms with Gasteiger partial charge in [0.2, 0.25) is 0 Å². The number of carbonyl (C=O) groups is 1. The van der Waals surface area contributed by atoms with E-state index in [4.69, 9.17) is 4.74 Å². The summed E-state index contributed by atoms with van der Waals surface area (Å²) < 4.78 is 7.03. The number of nitrogens with zero attached hydrogens (tertiary/aromatic N) is 2. The maximum absolute atomic E-state index is 13.2. The summed E-state index contributed by atoms with van der Waals surface area (Å²) in [6, 6.07) is 3.68. The van der Waals surface area contributed by atoms with Gasteiger partial charge in [0.25, 0.3) is 5.91 Å². The maximum Gasteiger partial charge on any atom is 0.251 e. The quantitative estimate of drug-likeness (QED) is 0.546. The molecule has 3 heterocycles. The zero-order valence-corrected chi connectivity index (χ0v) is 17.7. The van der Waals surface area contributed by atoms with E-state index in [1.165, 1.54) is 11.1 Å². The first kappa shape index (κ1) is 19.0. The molecule has 1 saturated heterocycles. The second-order valence-corrected chi connectivity index (χ2v) is 9.88. The van der Waals surface area contributed by atoms with Crippen molar-refractivity contribution in [2.24, 2.45) is 16.5 Å². The van der Waals surface area contributed by atoms with Crippen molar-refractivity contribution in [1.82, 2.24) is 4.98 Å². The molecule has 0 aromatic carbocycles. The Labute approximate surface area is 181 Å². The molecule has 2 spiro atoms. The number of hydrogen-bond donors (Lipinski definition) is 2. The van der Waals surface area contributed by atoms with Gasteiger partial charge in [0.15, 0.2) is 0 Å². The van der Waals surface area contributed by atoms with Crippen LogP contribution in [0.1, 0.15) is 51.9 Å². The lowest BCUT2D eigenvalue weighted by atomic mass is 9.59. The molecule has 6 rings (SSSR count). The van der Waals surface area contributed by atoms with Crippen molar-refractivity contribution in [2.45, 2.75) is 63.1 Å². The van der Waals surface area contributed by atoms with Crippen LogP contribution >= 0.6 is 0 Å². The Morgan fingerprint density at radius 1 is 1.32 bits per heavy atom. The van der Waals surface area contributed by atoms with E-state index in [-0.39, 0.29) is 28.4 Å². The summed E-state index contributed by atoms with van der Waals surface area (Å²) >= 11 is 0. The first-order valence-electron chi connectivity index (χ1n) is 11.2. The van der Waals surface area contributed by atoms with E-state index in [1.807, 2.05) is 12.1 Å². The molecule has 1 aromatic rings. The van der Waals surface area contributed by atoms with Gasteiger partial charge in [-0.05, 0) is 61.8 Å². The Kier molecular flexibility index (Phi) is 3.91. The molecule has 1 aromatic heterocycles. The molecule has 31 heavy (non-hydrogen) atoms. The Morgan fingerprint density at radius 3 is 3.03 bits per heavy atom. The van der Waals surface area contributed by atoms with Crippen LogP contribution in [0.25, 0.3) is 0 Å². The Bertz CT molecular complexity index is 1090. The van der Waals surface area contributed by atoms with Crippen LogP contribution in [0.15, 0.2) is 64.6 Å². The zero-order valence-electron chi connectivity index (χ0n) is 17.7. The zero-order chi connectivity index (χ0) is 21.3. The number of oxime groups is 1. The predicted octanol–water partition coefficient (Wildman–Crippen LogP) is 4.54. The summed E-state index contributed by atoms with van der Waals surface area (Å²) in [7, 11) is 0. The van der Waals surface area contributed by atoms with Crippen LogP contribution in [-0.2, 0) is 9.53 Å². The summed E-state index contributed by atoms with van der Waals surface area (Å²) in [6.45, 7) is 2.22. The Hall–Kier alpha value is -2.73. The van der Waals surface area contributed by atoms with Crippen LogP contribution in [-0.4, -0.2) is 33.0 Å². The van der Waals surface area contributed by atoms with E-state index >= 15 is 0 Å². The number of fused-ring (bicyclic) bond motifs is 1. The number of amides is 1. The minimum atomic E-state index is -0.360. The summed E-state index contributed by atoms with van der Waals surface area (Å²) in [5, 5.41) is 15.9. The number of nitrogens with one attached hydrogen (secondary N) is 1. The molecular formula is C25H27N3O3. The average molecular weight is 418 g/mol. The highest BCUT2D eigenvalue weighted by Crippen LogP contribution is 2.66. The first-order chi connectivity index (χ1) is 15.0. The van der Waals surface area contributed by atoms with E-state index < -0.39 is 0 Å². The van der Waals surface area contributed by atoms with Crippen molar-refractivity contribution in [2.75, 3.05) is 5.32 Å². The lowest BCUT2D eigenvalue weighted by Crippen LogP contribution is -2.54. The van der Waals surface area contributed by atoms with Crippen molar-refractivity contribution < 1.29 is 14.7 Å². The number of ether oxygens (including phenoxy) is 1. The van der Waals surface area contributed by atoms with Gasteiger partial charge in [-0.1, -0.05) is 30.3 Å². The molecule has 5 aliphatic rings. The number of hydrogen-bond acceptors (Lipinski definition) is 5. The van der Waals surface area contributed by atoms with Gasteiger partial charge in [-0.15, -0.1) is 0 Å². The van der Waals surface area contributed by atoms with Gasteiger partial charge in [0.1, 0.15) is 0 Å². The Balaban J connectivity index is 1.34.